The van der Waals surface area contributed by atoms with E-state index in [0.29, 0.717) is 15.9 Å². The van der Waals surface area contributed by atoms with Crippen LogP contribution in [0.2, 0.25) is 5.02 Å². The molecule has 0 aliphatic rings. The molecule has 2 aromatic carbocycles. The largest absolute Gasteiger partial charge is 0.387 e. The van der Waals surface area contributed by atoms with Crippen LogP contribution in [0.5, 0.6) is 0 Å². The van der Waals surface area contributed by atoms with Crippen LogP contribution in [-0.4, -0.2) is 14.7 Å². The van der Waals surface area contributed by atoms with E-state index in [1.807, 2.05) is 30.3 Å². The highest BCUT2D eigenvalue weighted by molar-refractivity contribution is 6.31. The molecule has 0 aliphatic heterocycles. The molecule has 0 radical (unpaired) electrons. The second-order valence-electron chi connectivity index (χ2n) is 4.79. The van der Waals surface area contributed by atoms with Crippen molar-refractivity contribution >= 4 is 22.5 Å². The van der Waals surface area contributed by atoms with Gasteiger partial charge in [0, 0.05) is 5.02 Å². The molecule has 1 atom stereocenters. The molecule has 3 aromatic rings. The van der Waals surface area contributed by atoms with E-state index >= 15 is 0 Å². The monoisotopic (exact) mass is 300 g/mol. The summed E-state index contributed by atoms with van der Waals surface area (Å²) in [4.78, 5) is 16.6. The lowest BCUT2D eigenvalue weighted by atomic mass is 10.1. The molecule has 0 saturated heterocycles. The van der Waals surface area contributed by atoms with Gasteiger partial charge in [0.05, 0.1) is 29.9 Å². The van der Waals surface area contributed by atoms with Crippen molar-refractivity contribution in [1.82, 2.24) is 9.55 Å². The van der Waals surface area contributed by atoms with Gasteiger partial charge < -0.3 is 5.11 Å². The van der Waals surface area contributed by atoms with Crippen LogP contribution < -0.4 is 5.56 Å². The number of rotatable bonds is 3. The van der Waals surface area contributed by atoms with Gasteiger partial charge in [0.25, 0.3) is 5.56 Å². The number of aliphatic hydroxyl groups excluding tert-OH is 1. The van der Waals surface area contributed by atoms with Crippen LogP contribution in [0.25, 0.3) is 10.9 Å². The third-order valence-electron chi connectivity index (χ3n) is 3.34. The van der Waals surface area contributed by atoms with E-state index in [4.69, 9.17) is 11.6 Å². The molecule has 1 heterocycles. The van der Waals surface area contributed by atoms with Crippen LogP contribution in [0.1, 0.15) is 11.7 Å². The topological polar surface area (TPSA) is 55.1 Å². The molecule has 5 heteroatoms. The Balaban J connectivity index is 1.96. The first-order valence-electron chi connectivity index (χ1n) is 6.53. The van der Waals surface area contributed by atoms with Gasteiger partial charge in [0.1, 0.15) is 0 Å². The smallest absolute Gasteiger partial charge is 0.261 e. The molecule has 3 rings (SSSR count). The summed E-state index contributed by atoms with van der Waals surface area (Å²) in [7, 11) is 0. The van der Waals surface area contributed by atoms with E-state index in [0.717, 1.165) is 5.56 Å². The summed E-state index contributed by atoms with van der Waals surface area (Å²) >= 11 is 5.89. The highest BCUT2D eigenvalue weighted by Gasteiger charge is 2.11. The van der Waals surface area contributed by atoms with Crippen molar-refractivity contribution in [1.29, 1.82) is 0 Å². The fourth-order valence-electron chi connectivity index (χ4n) is 2.23. The van der Waals surface area contributed by atoms with Crippen LogP contribution in [0.3, 0.4) is 0 Å². The number of hydrogen-bond acceptors (Lipinski definition) is 3. The summed E-state index contributed by atoms with van der Waals surface area (Å²) in [6, 6.07) is 14.2. The first-order chi connectivity index (χ1) is 10.1. The number of aliphatic hydroxyl groups is 1. The minimum Gasteiger partial charge on any atom is -0.387 e. The Bertz CT molecular complexity index is 831. The summed E-state index contributed by atoms with van der Waals surface area (Å²) in [6.45, 7) is 0.161. The maximum Gasteiger partial charge on any atom is 0.261 e. The molecule has 0 spiro atoms. The standard InChI is InChI=1S/C16H13ClN2O2/c17-12-6-7-13-14(8-12)18-10-19(16(13)21)9-15(20)11-4-2-1-3-5-11/h1-8,10,15,20H,9H2. The summed E-state index contributed by atoms with van der Waals surface area (Å²) in [5, 5.41) is 11.2. The van der Waals surface area contributed by atoms with Gasteiger partial charge in [-0.3, -0.25) is 9.36 Å². The van der Waals surface area contributed by atoms with Crippen molar-refractivity contribution in [2.45, 2.75) is 12.6 Å². The van der Waals surface area contributed by atoms with Gasteiger partial charge in [-0.1, -0.05) is 41.9 Å². The lowest BCUT2D eigenvalue weighted by molar-refractivity contribution is 0.155. The number of nitrogens with zero attached hydrogens (tertiary/aromatic N) is 2. The molecular formula is C16H13ClN2O2. The normalized spacial score (nSPS) is 12.5. The predicted molar refractivity (Wildman–Crippen MR) is 82.4 cm³/mol. The minimum atomic E-state index is -0.754. The third-order valence-corrected chi connectivity index (χ3v) is 3.58. The number of halogens is 1. The molecule has 1 aromatic heterocycles. The Morgan fingerprint density at radius 2 is 1.95 bits per heavy atom. The van der Waals surface area contributed by atoms with Gasteiger partial charge in [0.15, 0.2) is 0 Å². The fraction of sp³-hybridized carbons (Fsp3) is 0.125. The average Bonchev–Trinajstić information content (AvgIpc) is 2.51. The molecule has 0 bridgehead atoms. The Labute approximate surface area is 126 Å². The maximum absolute atomic E-state index is 12.4. The molecule has 0 aliphatic carbocycles. The van der Waals surface area contributed by atoms with Gasteiger partial charge in [-0.2, -0.15) is 0 Å². The third kappa shape index (κ3) is 2.82. The van der Waals surface area contributed by atoms with E-state index in [1.54, 1.807) is 18.2 Å². The number of aromatic nitrogens is 2. The van der Waals surface area contributed by atoms with Crippen molar-refractivity contribution in [3.63, 3.8) is 0 Å². The first kappa shape index (κ1) is 13.8. The maximum atomic E-state index is 12.4. The number of benzene rings is 2. The zero-order chi connectivity index (χ0) is 14.8. The summed E-state index contributed by atoms with van der Waals surface area (Å²) in [6.07, 6.45) is 0.683. The number of hydrogen-bond donors (Lipinski definition) is 1. The Morgan fingerprint density at radius 1 is 1.19 bits per heavy atom. The summed E-state index contributed by atoms with van der Waals surface area (Å²) < 4.78 is 1.41. The van der Waals surface area contributed by atoms with Crippen LogP contribution in [0, 0.1) is 0 Å². The highest BCUT2D eigenvalue weighted by Crippen LogP contribution is 2.16. The van der Waals surface area contributed by atoms with Gasteiger partial charge in [-0.05, 0) is 23.8 Å². The molecular weight excluding hydrogens is 288 g/mol. The van der Waals surface area contributed by atoms with Gasteiger partial charge in [0.2, 0.25) is 0 Å². The number of fused-ring (bicyclic) bond motifs is 1. The van der Waals surface area contributed by atoms with E-state index in [2.05, 4.69) is 4.98 Å². The van der Waals surface area contributed by atoms with Crippen LogP contribution in [0.15, 0.2) is 59.7 Å². The lowest BCUT2D eigenvalue weighted by Gasteiger charge is -2.13. The highest BCUT2D eigenvalue weighted by atomic mass is 35.5. The van der Waals surface area contributed by atoms with Crippen LogP contribution in [-0.2, 0) is 6.54 Å². The molecule has 4 nitrogen and oxygen atoms in total. The second kappa shape index (κ2) is 5.68. The molecule has 21 heavy (non-hydrogen) atoms. The van der Waals surface area contributed by atoms with Gasteiger partial charge in [-0.15, -0.1) is 0 Å². The van der Waals surface area contributed by atoms with E-state index in [9.17, 15) is 9.90 Å². The van der Waals surface area contributed by atoms with Crippen molar-refractivity contribution in [2.24, 2.45) is 0 Å². The fourth-order valence-corrected chi connectivity index (χ4v) is 2.39. The first-order valence-corrected chi connectivity index (χ1v) is 6.90. The minimum absolute atomic E-state index is 0.161. The van der Waals surface area contributed by atoms with Crippen LogP contribution >= 0.6 is 11.6 Å². The van der Waals surface area contributed by atoms with Crippen LogP contribution in [0.4, 0.5) is 0 Å². The molecule has 0 amide bonds. The SMILES string of the molecule is O=c1c2ccc(Cl)cc2ncn1CC(O)c1ccccc1. The quantitative estimate of drug-likeness (QED) is 0.809. The van der Waals surface area contributed by atoms with Crippen molar-refractivity contribution in [3.05, 3.63) is 75.8 Å². The zero-order valence-corrected chi connectivity index (χ0v) is 11.9. The van der Waals surface area contributed by atoms with Crippen molar-refractivity contribution in [2.75, 3.05) is 0 Å². The van der Waals surface area contributed by atoms with Crippen molar-refractivity contribution in [3.8, 4) is 0 Å². The van der Waals surface area contributed by atoms with Crippen molar-refractivity contribution < 1.29 is 5.11 Å². The van der Waals surface area contributed by atoms with E-state index < -0.39 is 6.10 Å². The molecule has 106 valence electrons. The van der Waals surface area contributed by atoms with E-state index in [1.165, 1.54) is 10.9 Å². The van der Waals surface area contributed by atoms with E-state index in [-0.39, 0.29) is 12.1 Å². The lowest BCUT2D eigenvalue weighted by Crippen LogP contribution is -2.23. The average molecular weight is 301 g/mol. The van der Waals surface area contributed by atoms with Gasteiger partial charge >= 0.3 is 0 Å². The Kier molecular flexibility index (Phi) is 3.73. The molecule has 0 fully saturated rings. The molecule has 1 unspecified atom stereocenters. The Morgan fingerprint density at radius 3 is 2.71 bits per heavy atom. The molecule has 1 N–H and O–H groups in total. The molecule has 0 saturated carbocycles. The predicted octanol–water partition coefficient (Wildman–Crippen LogP) is 2.78. The second-order valence-corrected chi connectivity index (χ2v) is 5.23. The zero-order valence-electron chi connectivity index (χ0n) is 11.1. The van der Waals surface area contributed by atoms with Gasteiger partial charge in [-0.25, -0.2) is 4.98 Å². The summed E-state index contributed by atoms with van der Waals surface area (Å²) in [5.41, 5.74) is 1.13. The Hall–Kier alpha value is -2.17. The summed E-state index contributed by atoms with van der Waals surface area (Å²) in [5.74, 6) is 0.